The molecular formula is C15H26N6O8S. The zero-order chi connectivity index (χ0) is 23.6. The molecular weight excluding hydrogens is 424 g/mol. The number of rotatable bonds is 13. The Balaban J connectivity index is 5.21. The quantitative estimate of drug-likeness (QED) is 0.121. The minimum Gasteiger partial charge on any atom is -0.480 e. The lowest BCUT2D eigenvalue weighted by atomic mass is 10.1. The molecule has 0 aliphatic rings. The van der Waals surface area contributed by atoms with Gasteiger partial charge in [-0.3, -0.25) is 24.0 Å². The molecule has 0 aromatic rings. The lowest BCUT2D eigenvalue weighted by Gasteiger charge is -2.25. The molecule has 0 aliphatic heterocycles. The number of thiol groups is 1. The standard InChI is InChI=1S/C15H26N6O8S/c1-5(22)11(14(27)19-7(15(28)29)3-10(18)24)21-13(26)8(4-30)20-12(25)6(16)2-9(17)23/h5-8,11,22,30H,2-4,16H2,1H3,(H2,17,23)(H2,18,24)(H,19,27)(H,20,25)(H,21,26)(H,28,29). The highest BCUT2D eigenvalue weighted by atomic mass is 32.1. The Labute approximate surface area is 176 Å². The molecule has 0 spiro atoms. The highest BCUT2D eigenvalue weighted by Crippen LogP contribution is 2.01. The molecule has 0 aliphatic carbocycles. The smallest absolute Gasteiger partial charge is 0.326 e. The highest BCUT2D eigenvalue weighted by molar-refractivity contribution is 7.80. The molecule has 14 nitrogen and oxygen atoms in total. The van der Waals surface area contributed by atoms with Crippen molar-refractivity contribution in [2.24, 2.45) is 17.2 Å². The third kappa shape index (κ3) is 9.53. The van der Waals surface area contributed by atoms with Crippen molar-refractivity contribution in [1.29, 1.82) is 0 Å². The minimum atomic E-state index is -1.68. The van der Waals surface area contributed by atoms with E-state index in [1.54, 1.807) is 0 Å². The number of nitrogens with two attached hydrogens (primary N) is 3. The van der Waals surface area contributed by atoms with E-state index in [9.17, 15) is 33.9 Å². The Morgan fingerprint density at radius 3 is 1.77 bits per heavy atom. The number of aliphatic hydroxyl groups is 1. The van der Waals surface area contributed by atoms with Crippen molar-refractivity contribution in [2.45, 2.75) is 50.0 Å². The maximum Gasteiger partial charge on any atom is 0.326 e. The summed E-state index contributed by atoms with van der Waals surface area (Å²) in [6.45, 7) is 1.14. The summed E-state index contributed by atoms with van der Waals surface area (Å²) in [5.74, 6) is -6.57. The number of carboxylic acid groups (broad SMARTS) is 1. The van der Waals surface area contributed by atoms with E-state index in [1.807, 2.05) is 5.32 Å². The van der Waals surface area contributed by atoms with Crippen LogP contribution in [0.4, 0.5) is 0 Å². The minimum absolute atomic E-state index is 0.242. The first-order valence-corrected chi connectivity index (χ1v) is 9.18. The molecule has 5 atom stereocenters. The number of aliphatic carboxylic acids is 1. The first-order valence-electron chi connectivity index (χ1n) is 8.55. The molecule has 15 heteroatoms. The third-order valence-electron chi connectivity index (χ3n) is 3.66. The van der Waals surface area contributed by atoms with Gasteiger partial charge in [0.2, 0.25) is 29.5 Å². The molecule has 0 rings (SSSR count). The molecule has 30 heavy (non-hydrogen) atoms. The van der Waals surface area contributed by atoms with Crippen LogP contribution in [0.3, 0.4) is 0 Å². The Kier molecular flexibility index (Phi) is 11.4. The predicted octanol–water partition coefficient (Wildman–Crippen LogP) is -5.09. The molecule has 11 N–H and O–H groups in total. The van der Waals surface area contributed by atoms with Crippen LogP contribution in [0.1, 0.15) is 19.8 Å². The maximum absolute atomic E-state index is 12.4. The van der Waals surface area contributed by atoms with Gasteiger partial charge >= 0.3 is 5.97 Å². The molecule has 5 amide bonds. The molecule has 0 aromatic heterocycles. The van der Waals surface area contributed by atoms with Crippen molar-refractivity contribution in [2.75, 3.05) is 5.75 Å². The van der Waals surface area contributed by atoms with Gasteiger partial charge in [0.1, 0.15) is 18.1 Å². The van der Waals surface area contributed by atoms with Crippen molar-refractivity contribution >= 4 is 48.1 Å². The SMILES string of the molecule is CC(O)C(NC(=O)C(CS)NC(=O)C(N)CC(N)=O)C(=O)NC(CC(N)=O)C(=O)O. The van der Waals surface area contributed by atoms with Crippen LogP contribution in [0.2, 0.25) is 0 Å². The van der Waals surface area contributed by atoms with Crippen molar-refractivity contribution in [1.82, 2.24) is 16.0 Å². The van der Waals surface area contributed by atoms with Gasteiger partial charge in [0.05, 0.1) is 25.0 Å². The second-order valence-corrected chi connectivity index (χ2v) is 6.68. The second kappa shape index (κ2) is 12.6. The number of amides is 5. The normalized spacial score (nSPS) is 15.6. The molecule has 0 saturated heterocycles. The third-order valence-corrected chi connectivity index (χ3v) is 4.02. The van der Waals surface area contributed by atoms with Gasteiger partial charge in [-0.2, -0.15) is 12.6 Å². The van der Waals surface area contributed by atoms with Crippen molar-refractivity contribution in [3.05, 3.63) is 0 Å². The van der Waals surface area contributed by atoms with Crippen molar-refractivity contribution in [3.8, 4) is 0 Å². The van der Waals surface area contributed by atoms with Gasteiger partial charge in [0, 0.05) is 5.75 Å². The van der Waals surface area contributed by atoms with Gasteiger partial charge in [-0.05, 0) is 6.92 Å². The van der Waals surface area contributed by atoms with Gasteiger partial charge < -0.3 is 43.4 Å². The number of carboxylic acids is 1. The lowest BCUT2D eigenvalue weighted by molar-refractivity contribution is -0.144. The summed E-state index contributed by atoms with van der Waals surface area (Å²) < 4.78 is 0. The second-order valence-electron chi connectivity index (χ2n) is 6.32. The summed E-state index contributed by atoms with van der Waals surface area (Å²) in [6, 6.07) is -5.94. The summed E-state index contributed by atoms with van der Waals surface area (Å²) in [7, 11) is 0. The van der Waals surface area contributed by atoms with Crippen molar-refractivity contribution < 1.29 is 39.0 Å². The summed E-state index contributed by atoms with van der Waals surface area (Å²) in [4.78, 5) is 69.5. The van der Waals surface area contributed by atoms with Gasteiger partial charge in [0.15, 0.2) is 0 Å². The summed E-state index contributed by atoms with van der Waals surface area (Å²) in [6.07, 6.45) is -2.67. The Hall–Kier alpha value is -2.91. The first-order chi connectivity index (χ1) is 13.8. The number of carbonyl (C=O) groups excluding carboxylic acids is 5. The van der Waals surface area contributed by atoms with Crippen molar-refractivity contribution in [3.63, 3.8) is 0 Å². The molecule has 170 valence electrons. The average Bonchev–Trinajstić information content (AvgIpc) is 2.61. The molecule has 0 saturated carbocycles. The number of hydrogen-bond acceptors (Lipinski definition) is 9. The number of carbonyl (C=O) groups is 6. The van der Waals surface area contributed by atoms with Gasteiger partial charge in [-0.1, -0.05) is 0 Å². The van der Waals surface area contributed by atoms with Gasteiger partial charge in [-0.25, -0.2) is 4.79 Å². The van der Waals surface area contributed by atoms with Crippen LogP contribution < -0.4 is 33.2 Å². The van der Waals surface area contributed by atoms with Crippen LogP contribution in [-0.2, 0) is 28.8 Å². The van der Waals surface area contributed by atoms with Crippen LogP contribution in [0, 0.1) is 0 Å². The summed E-state index contributed by atoms with van der Waals surface area (Å²) in [5, 5.41) is 25.2. The number of aliphatic hydroxyl groups excluding tert-OH is 1. The van der Waals surface area contributed by atoms with Crippen LogP contribution in [-0.4, -0.2) is 81.7 Å². The largest absolute Gasteiger partial charge is 0.480 e. The molecule has 0 bridgehead atoms. The zero-order valence-electron chi connectivity index (χ0n) is 16.0. The fourth-order valence-corrected chi connectivity index (χ4v) is 2.36. The fourth-order valence-electron chi connectivity index (χ4n) is 2.10. The van der Waals surface area contributed by atoms with Gasteiger partial charge in [0.25, 0.3) is 0 Å². The molecule has 0 radical (unpaired) electrons. The van der Waals surface area contributed by atoms with E-state index in [2.05, 4.69) is 23.3 Å². The lowest BCUT2D eigenvalue weighted by Crippen LogP contribution is -2.60. The molecule has 0 heterocycles. The monoisotopic (exact) mass is 450 g/mol. The summed E-state index contributed by atoms with van der Waals surface area (Å²) in [5.41, 5.74) is 15.3. The average molecular weight is 450 g/mol. The van der Waals surface area contributed by atoms with Crippen LogP contribution in [0.5, 0.6) is 0 Å². The van der Waals surface area contributed by atoms with Crippen LogP contribution >= 0.6 is 12.6 Å². The zero-order valence-corrected chi connectivity index (χ0v) is 16.9. The Morgan fingerprint density at radius 1 is 0.867 bits per heavy atom. The maximum atomic E-state index is 12.4. The van der Waals surface area contributed by atoms with E-state index in [1.165, 1.54) is 0 Å². The Bertz CT molecular complexity index is 688. The molecule has 0 aromatic carbocycles. The van der Waals surface area contributed by atoms with E-state index < -0.39 is 78.6 Å². The van der Waals surface area contributed by atoms with E-state index in [4.69, 9.17) is 22.3 Å². The number of nitrogens with one attached hydrogen (secondary N) is 3. The van der Waals surface area contributed by atoms with E-state index in [-0.39, 0.29) is 5.75 Å². The highest BCUT2D eigenvalue weighted by Gasteiger charge is 2.32. The Morgan fingerprint density at radius 2 is 1.37 bits per heavy atom. The summed E-state index contributed by atoms with van der Waals surface area (Å²) >= 11 is 3.91. The van der Waals surface area contributed by atoms with E-state index in [0.717, 1.165) is 6.92 Å². The first kappa shape index (κ1) is 27.1. The number of hydrogen-bond donors (Lipinski definition) is 9. The molecule has 0 fully saturated rings. The number of primary amides is 2. The fraction of sp³-hybridized carbons (Fsp3) is 0.600. The van der Waals surface area contributed by atoms with Crippen LogP contribution in [0.25, 0.3) is 0 Å². The van der Waals surface area contributed by atoms with E-state index >= 15 is 0 Å². The van der Waals surface area contributed by atoms with Gasteiger partial charge in [-0.15, -0.1) is 0 Å². The van der Waals surface area contributed by atoms with E-state index in [0.29, 0.717) is 0 Å². The van der Waals surface area contributed by atoms with Crippen LogP contribution in [0.15, 0.2) is 0 Å². The predicted molar refractivity (Wildman–Crippen MR) is 105 cm³/mol. The molecule has 5 unspecified atom stereocenters. The topological polar surface area (TPSA) is 257 Å².